The molecule has 2 rings (SSSR count). The van der Waals surface area contributed by atoms with Crippen molar-refractivity contribution in [3.8, 4) is 0 Å². The van der Waals surface area contributed by atoms with Crippen LogP contribution in [0.1, 0.15) is 4.88 Å². The molecule has 74 valence electrons. The Hall–Kier alpha value is -1.01. The molecule has 0 aliphatic carbocycles. The highest BCUT2D eigenvalue weighted by atomic mass is 32.1. The number of aromatic nitrogens is 3. The zero-order valence-electron chi connectivity index (χ0n) is 7.75. The second-order valence-corrected chi connectivity index (χ2v) is 4.64. The van der Waals surface area contributed by atoms with E-state index in [0.29, 0.717) is 0 Å². The molecule has 0 aliphatic rings. The van der Waals surface area contributed by atoms with Crippen molar-refractivity contribution in [2.45, 2.75) is 6.42 Å². The SMILES string of the molecule is CN(CCc1cccs1)c1nnns1. The van der Waals surface area contributed by atoms with Crippen molar-refractivity contribution >= 4 is 28.0 Å². The molecule has 0 amide bonds. The number of hydrogen-bond donors (Lipinski definition) is 0. The van der Waals surface area contributed by atoms with E-state index < -0.39 is 0 Å². The summed E-state index contributed by atoms with van der Waals surface area (Å²) in [5, 5.41) is 10.4. The van der Waals surface area contributed by atoms with Crippen LogP contribution in [0.4, 0.5) is 5.13 Å². The molecular formula is C8H10N4S2. The first-order valence-electron chi connectivity index (χ1n) is 4.25. The molecule has 0 saturated heterocycles. The van der Waals surface area contributed by atoms with Crippen molar-refractivity contribution in [3.63, 3.8) is 0 Å². The summed E-state index contributed by atoms with van der Waals surface area (Å²) in [5.41, 5.74) is 0. The van der Waals surface area contributed by atoms with E-state index >= 15 is 0 Å². The minimum Gasteiger partial charge on any atom is -0.348 e. The molecule has 4 nitrogen and oxygen atoms in total. The number of nitrogens with zero attached hydrogens (tertiary/aromatic N) is 4. The lowest BCUT2D eigenvalue weighted by Gasteiger charge is -2.12. The van der Waals surface area contributed by atoms with Crippen LogP contribution in [0.5, 0.6) is 0 Å². The summed E-state index contributed by atoms with van der Waals surface area (Å²) in [6, 6.07) is 4.23. The number of hydrogen-bond acceptors (Lipinski definition) is 6. The molecule has 0 spiro atoms. The van der Waals surface area contributed by atoms with Crippen LogP contribution in [0.25, 0.3) is 0 Å². The van der Waals surface area contributed by atoms with E-state index in [4.69, 9.17) is 0 Å². The van der Waals surface area contributed by atoms with Gasteiger partial charge in [0.05, 0.1) is 0 Å². The monoisotopic (exact) mass is 226 g/mol. The van der Waals surface area contributed by atoms with Crippen LogP contribution < -0.4 is 4.90 Å². The summed E-state index contributed by atoms with van der Waals surface area (Å²) in [5.74, 6) is 0. The van der Waals surface area contributed by atoms with Gasteiger partial charge in [-0.05, 0) is 23.1 Å². The summed E-state index contributed by atoms with van der Waals surface area (Å²) >= 11 is 3.11. The topological polar surface area (TPSA) is 41.9 Å². The Kier molecular flexibility index (Phi) is 3.05. The van der Waals surface area contributed by atoms with E-state index in [2.05, 4.69) is 37.2 Å². The highest BCUT2D eigenvalue weighted by Gasteiger charge is 2.05. The third kappa shape index (κ3) is 2.27. The van der Waals surface area contributed by atoms with E-state index in [-0.39, 0.29) is 0 Å². The third-order valence-electron chi connectivity index (χ3n) is 1.89. The van der Waals surface area contributed by atoms with Gasteiger partial charge in [0.25, 0.3) is 0 Å². The van der Waals surface area contributed by atoms with Gasteiger partial charge in [0, 0.05) is 30.0 Å². The van der Waals surface area contributed by atoms with Gasteiger partial charge < -0.3 is 4.90 Å². The summed E-state index contributed by atoms with van der Waals surface area (Å²) in [4.78, 5) is 3.47. The van der Waals surface area contributed by atoms with E-state index in [1.165, 1.54) is 16.4 Å². The minimum absolute atomic E-state index is 0.876. The Morgan fingerprint density at radius 1 is 1.50 bits per heavy atom. The molecule has 0 saturated carbocycles. The number of anilines is 1. The van der Waals surface area contributed by atoms with Gasteiger partial charge in [-0.2, -0.15) is 0 Å². The first-order chi connectivity index (χ1) is 6.86. The van der Waals surface area contributed by atoms with Crippen LogP contribution in [0, 0.1) is 0 Å². The Bertz CT molecular complexity index is 357. The normalized spacial score (nSPS) is 10.4. The second kappa shape index (κ2) is 4.47. The lowest BCUT2D eigenvalue weighted by Crippen LogP contribution is -2.19. The molecule has 0 bridgehead atoms. The van der Waals surface area contributed by atoms with Crippen LogP contribution in [0.2, 0.25) is 0 Å². The van der Waals surface area contributed by atoms with Gasteiger partial charge in [-0.15, -0.1) is 11.3 Å². The third-order valence-corrected chi connectivity index (χ3v) is 3.54. The lowest BCUT2D eigenvalue weighted by molar-refractivity contribution is 0.855. The fourth-order valence-electron chi connectivity index (χ4n) is 1.10. The molecule has 0 radical (unpaired) electrons. The number of thiophene rings is 1. The lowest BCUT2D eigenvalue weighted by atomic mass is 10.3. The first kappa shape index (κ1) is 9.54. The van der Waals surface area contributed by atoms with Crippen LogP contribution in [-0.2, 0) is 6.42 Å². The fraction of sp³-hybridized carbons (Fsp3) is 0.375. The second-order valence-electron chi connectivity index (χ2n) is 2.90. The Morgan fingerprint density at radius 3 is 3.07 bits per heavy atom. The Labute approximate surface area is 90.4 Å². The molecule has 0 aromatic carbocycles. The molecule has 2 aromatic rings. The molecule has 0 unspecified atom stereocenters. The van der Waals surface area contributed by atoms with Crippen molar-refractivity contribution in [2.24, 2.45) is 0 Å². The van der Waals surface area contributed by atoms with Gasteiger partial charge in [-0.3, -0.25) is 0 Å². The van der Waals surface area contributed by atoms with Crippen molar-refractivity contribution in [3.05, 3.63) is 22.4 Å². The van der Waals surface area contributed by atoms with Crippen LogP contribution in [0.3, 0.4) is 0 Å². The van der Waals surface area contributed by atoms with Gasteiger partial charge in [0.1, 0.15) is 0 Å². The van der Waals surface area contributed by atoms with Gasteiger partial charge in [-0.25, -0.2) is 0 Å². The molecule has 14 heavy (non-hydrogen) atoms. The predicted octanol–water partition coefficient (Wildman–Crippen LogP) is 1.67. The van der Waals surface area contributed by atoms with Crippen molar-refractivity contribution in [1.82, 2.24) is 14.8 Å². The maximum atomic E-state index is 3.90. The summed E-state index contributed by atoms with van der Waals surface area (Å²) in [6.45, 7) is 0.956. The standard InChI is InChI=1S/C8H10N4S2/c1-12(8-9-10-11-14-8)5-4-7-3-2-6-13-7/h2-3,6H,4-5H2,1H3. The van der Waals surface area contributed by atoms with E-state index in [9.17, 15) is 0 Å². The Balaban J connectivity index is 1.87. The fourth-order valence-corrected chi connectivity index (χ4v) is 2.25. The zero-order chi connectivity index (χ0) is 9.80. The molecule has 0 fully saturated rings. The van der Waals surface area contributed by atoms with Gasteiger partial charge in [0.2, 0.25) is 5.13 Å². The number of rotatable bonds is 4. The minimum atomic E-state index is 0.876. The van der Waals surface area contributed by atoms with E-state index in [1.807, 2.05) is 7.05 Å². The quantitative estimate of drug-likeness (QED) is 0.795. The highest BCUT2D eigenvalue weighted by molar-refractivity contribution is 7.10. The van der Waals surface area contributed by atoms with Crippen molar-refractivity contribution in [2.75, 3.05) is 18.5 Å². The predicted molar refractivity (Wildman–Crippen MR) is 59.0 cm³/mol. The van der Waals surface area contributed by atoms with Crippen LogP contribution in [-0.4, -0.2) is 28.4 Å². The van der Waals surface area contributed by atoms with Crippen molar-refractivity contribution < 1.29 is 0 Å². The molecule has 6 heteroatoms. The summed E-state index contributed by atoms with van der Waals surface area (Å²) in [6.07, 6.45) is 1.05. The van der Waals surface area contributed by atoms with Crippen LogP contribution >= 0.6 is 22.9 Å². The van der Waals surface area contributed by atoms with Crippen molar-refractivity contribution in [1.29, 1.82) is 0 Å². The molecule has 0 atom stereocenters. The largest absolute Gasteiger partial charge is 0.348 e. The van der Waals surface area contributed by atoms with Gasteiger partial charge in [0.15, 0.2) is 0 Å². The summed E-state index contributed by atoms with van der Waals surface area (Å²) < 4.78 is 3.73. The average molecular weight is 226 g/mol. The molecule has 0 N–H and O–H groups in total. The smallest absolute Gasteiger partial charge is 0.227 e. The van der Waals surface area contributed by atoms with E-state index in [0.717, 1.165) is 18.1 Å². The van der Waals surface area contributed by atoms with Gasteiger partial charge >= 0.3 is 0 Å². The maximum Gasteiger partial charge on any atom is 0.227 e. The Morgan fingerprint density at radius 2 is 2.43 bits per heavy atom. The first-order valence-corrected chi connectivity index (χ1v) is 5.90. The number of likely N-dealkylation sites (N-methyl/N-ethyl adjacent to an activating group) is 1. The van der Waals surface area contributed by atoms with Gasteiger partial charge in [-0.1, -0.05) is 15.7 Å². The maximum absolute atomic E-state index is 3.90. The highest BCUT2D eigenvalue weighted by Crippen LogP contribution is 2.14. The van der Waals surface area contributed by atoms with E-state index in [1.54, 1.807) is 11.3 Å². The molecule has 0 aliphatic heterocycles. The summed E-state index contributed by atoms with van der Waals surface area (Å²) in [7, 11) is 2.01. The van der Waals surface area contributed by atoms with Crippen LogP contribution in [0.15, 0.2) is 17.5 Å². The average Bonchev–Trinajstić information content (AvgIpc) is 2.87. The molecule has 2 heterocycles. The zero-order valence-corrected chi connectivity index (χ0v) is 9.38. The molecule has 2 aromatic heterocycles. The molecular weight excluding hydrogens is 216 g/mol.